The van der Waals surface area contributed by atoms with Crippen molar-refractivity contribution in [2.75, 3.05) is 5.32 Å². The van der Waals surface area contributed by atoms with Gasteiger partial charge in [0.15, 0.2) is 0 Å². The highest BCUT2D eigenvalue weighted by molar-refractivity contribution is 6.10. The lowest BCUT2D eigenvalue weighted by Gasteiger charge is -2.05. The smallest absolute Gasteiger partial charge is 0.336 e. The molecule has 1 amide bonds. The van der Waals surface area contributed by atoms with Crippen molar-refractivity contribution in [2.24, 2.45) is 0 Å². The van der Waals surface area contributed by atoms with Gasteiger partial charge in [-0.15, -0.1) is 0 Å². The van der Waals surface area contributed by atoms with Gasteiger partial charge in [0.05, 0.1) is 10.5 Å². The monoisotopic (exact) mass is 337 g/mol. The maximum atomic E-state index is 12.2. The molecule has 2 aromatic carbocycles. The second-order valence-electron chi connectivity index (χ2n) is 4.82. The van der Waals surface area contributed by atoms with Crippen molar-refractivity contribution < 1.29 is 19.6 Å². The van der Waals surface area contributed by atoms with Crippen LogP contribution in [0, 0.1) is 21.4 Å². The molecule has 8 heteroatoms. The lowest BCUT2D eigenvalue weighted by molar-refractivity contribution is -0.384. The minimum atomic E-state index is -1.19. The number of nitro groups is 1. The average Bonchev–Trinajstić information content (AvgIpc) is 2.59. The molecule has 0 spiro atoms. The van der Waals surface area contributed by atoms with Gasteiger partial charge in [0.25, 0.3) is 11.6 Å². The van der Waals surface area contributed by atoms with Gasteiger partial charge in [-0.2, -0.15) is 5.26 Å². The van der Waals surface area contributed by atoms with Gasteiger partial charge >= 0.3 is 5.97 Å². The minimum Gasteiger partial charge on any atom is -0.478 e. The van der Waals surface area contributed by atoms with E-state index in [2.05, 4.69) is 5.32 Å². The summed E-state index contributed by atoms with van der Waals surface area (Å²) in [5.74, 6) is -1.99. The predicted molar refractivity (Wildman–Crippen MR) is 88.7 cm³/mol. The Morgan fingerprint density at radius 3 is 2.56 bits per heavy atom. The molecular weight excluding hydrogens is 326 g/mol. The largest absolute Gasteiger partial charge is 0.478 e. The van der Waals surface area contributed by atoms with E-state index < -0.39 is 16.8 Å². The predicted octanol–water partition coefficient (Wildman–Crippen LogP) is 2.84. The summed E-state index contributed by atoms with van der Waals surface area (Å²) in [7, 11) is 0. The third kappa shape index (κ3) is 4.27. The normalized spacial score (nSPS) is 10.6. The van der Waals surface area contributed by atoms with Crippen LogP contribution in [0.5, 0.6) is 0 Å². The summed E-state index contributed by atoms with van der Waals surface area (Å²) in [5, 5.41) is 31.4. The van der Waals surface area contributed by atoms with Crippen LogP contribution in [0.25, 0.3) is 6.08 Å². The van der Waals surface area contributed by atoms with E-state index in [0.29, 0.717) is 0 Å². The molecule has 0 aliphatic heterocycles. The van der Waals surface area contributed by atoms with E-state index in [1.807, 2.05) is 0 Å². The molecule has 2 aromatic rings. The van der Waals surface area contributed by atoms with E-state index >= 15 is 0 Å². The lowest BCUT2D eigenvalue weighted by Crippen LogP contribution is -2.13. The number of anilines is 1. The van der Waals surface area contributed by atoms with Crippen molar-refractivity contribution in [3.05, 3.63) is 75.3 Å². The summed E-state index contributed by atoms with van der Waals surface area (Å²) in [6.07, 6.45) is 1.15. The molecule has 2 N–H and O–H groups in total. The molecule has 0 unspecified atom stereocenters. The van der Waals surface area contributed by atoms with Crippen LogP contribution in [0.4, 0.5) is 11.4 Å². The summed E-state index contributed by atoms with van der Waals surface area (Å²) in [6.45, 7) is 0. The number of carbonyl (C=O) groups excluding carboxylic acids is 1. The van der Waals surface area contributed by atoms with Crippen LogP contribution in [0.1, 0.15) is 15.9 Å². The number of rotatable bonds is 5. The molecule has 0 atom stereocenters. The van der Waals surface area contributed by atoms with Crippen LogP contribution in [0.2, 0.25) is 0 Å². The number of aromatic carboxylic acids is 1. The first-order valence-electron chi connectivity index (χ1n) is 6.92. The molecule has 25 heavy (non-hydrogen) atoms. The van der Waals surface area contributed by atoms with Crippen LogP contribution in [0.15, 0.2) is 54.1 Å². The molecule has 0 radical (unpaired) electrons. The number of benzene rings is 2. The van der Waals surface area contributed by atoms with Gasteiger partial charge in [-0.05, 0) is 23.8 Å². The number of nitriles is 1. The quantitative estimate of drug-likeness (QED) is 0.373. The molecule has 8 nitrogen and oxygen atoms in total. The Labute approximate surface area is 141 Å². The van der Waals surface area contributed by atoms with Crippen LogP contribution < -0.4 is 5.32 Å². The molecule has 0 aliphatic rings. The standard InChI is InChI=1S/C17H11N3O5/c18-10-12(8-11-4-1-2-7-15(11)17(22)23)16(21)19-13-5-3-6-14(9-13)20(24)25/h1-9H,(H,19,21)(H,22,23)/b12-8+. The first-order valence-corrected chi connectivity index (χ1v) is 6.92. The Morgan fingerprint density at radius 1 is 1.20 bits per heavy atom. The number of nitro benzene ring substituents is 1. The Hall–Kier alpha value is -3.99. The fraction of sp³-hybridized carbons (Fsp3) is 0. The van der Waals surface area contributed by atoms with Crippen LogP contribution in [0.3, 0.4) is 0 Å². The summed E-state index contributed by atoms with van der Waals surface area (Å²) < 4.78 is 0. The maximum absolute atomic E-state index is 12.2. The highest BCUT2D eigenvalue weighted by Gasteiger charge is 2.14. The van der Waals surface area contributed by atoms with E-state index in [-0.39, 0.29) is 28.1 Å². The van der Waals surface area contributed by atoms with E-state index in [4.69, 9.17) is 5.11 Å². The van der Waals surface area contributed by atoms with Crippen molar-refractivity contribution in [2.45, 2.75) is 0 Å². The van der Waals surface area contributed by atoms with Gasteiger partial charge in [0.2, 0.25) is 0 Å². The van der Waals surface area contributed by atoms with Gasteiger partial charge in [0.1, 0.15) is 11.6 Å². The minimum absolute atomic E-state index is 0.0570. The molecule has 0 saturated heterocycles. The third-order valence-corrected chi connectivity index (χ3v) is 3.17. The number of hydrogen-bond acceptors (Lipinski definition) is 5. The molecule has 0 bridgehead atoms. The first-order chi connectivity index (χ1) is 11.9. The molecule has 0 fully saturated rings. The zero-order valence-corrected chi connectivity index (χ0v) is 12.7. The topological polar surface area (TPSA) is 133 Å². The zero-order chi connectivity index (χ0) is 18.4. The number of hydrogen-bond donors (Lipinski definition) is 2. The number of carbonyl (C=O) groups is 2. The van der Waals surface area contributed by atoms with E-state index in [9.17, 15) is 25.0 Å². The second kappa shape index (κ2) is 7.52. The fourth-order valence-electron chi connectivity index (χ4n) is 2.02. The van der Waals surface area contributed by atoms with Crippen LogP contribution in [-0.4, -0.2) is 21.9 Å². The van der Waals surface area contributed by atoms with E-state index in [1.165, 1.54) is 36.4 Å². The van der Waals surface area contributed by atoms with E-state index in [1.54, 1.807) is 12.1 Å². The molecule has 124 valence electrons. The first kappa shape index (κ1) is 17.4. The molecule has 0 heterocycles. The van der Waals surface area contributed by atoms with Gasteiger partial charge in [-0.25, -0.2) is 4.79 Å². The summed E-state index contributed by atoms with van der Waals surface area (Å²) in [6, 6.07) is 12.8. The summed E-state index contributed by atoms with van der Waals surface area (Å²) in [4.78, 5) is 33.5. The van der Waals surface area contributed by atoms with Crippen molar-refractivity contribution >= 4 is 29.3 Å². The molecule has 0 aromatic heterocycles. The van der Waals surface area contributed by atoms with Crippen LogP contribution in [-0.2, 0) is 4.79 Å². The summed E-state index contributed by atoms with van der Waals surface area (Å²) in [5.41, 5.74) is -0.261. The third-order valence-electron chi connectivity index (χ3n) is 3.17. The van der Waals surface area contributed by atoms with E-state index in [0.717, 1.165) is 12.1 Å². The molecule has 0 saturated carbocycles. The molecule has 2 rings (SSSR count). The van der Waals surface area contributed by atoms with Crippen molar-refractivity contribution in [1.29, 1.82) is 5.26 Å². The zero-order valence-electron chi connectivity index (χ0n) is 12.7. The number of non-ortho nitro benzene ring substituents is 1. The second-order valence-corrected chi connectivity index (χ2v) is 4.82. The average molecular weight is 337 g/mol. The Balaban J connectivity index is 2.31. The van der Waals surface area contributed by atoms with Gasteiger partial charge in [-0.1, -0.05) is 24.3 Å². The van der Waals surface area contributed by atoms with Gasteiger partial charge < -0.3 is 10.4 Å². The molecular formula is C17H11N3O5. The van der Waals surface area contributed by atoms with Gasteiger partial charge in [0, 0.05) is 17.8 Å². The highest BCUT2D eigenvalue weighted by Crippen LogP contribution is 2.19. The Kier molecular flexibility index (Phi) is 5.22. The Bertz CT molecular complexity index is 928. The summed E-state index contributed by atoms with van der Waals surface area (Å²) >= 11 is 0. The van der Waals surface area contributed by atoms with Crippen molar-refractivity contribution in [3.8, 4) is 6.07 Å². The highest BCUT2D eigenvalue weighted by atomic mass is 16.6. The van der Waals surface area contributed by atoms with Crippen molar-refractivity contribution in [3.63, 3.8) is 0 Å². The Morgan fingerprint density at radius 2 is 1.92 bits per heavy atom. The number of nitrogens with zero attached hydrogens (tertiary/aromatic N) is 2. The number of carboxylic acids is 1. The number of amides is 1. The SMILES string of the molecule is N#C/C(=C\c1ccccc1C(=O)O)C(=O)Nc1cccc([N+](=O)[O-])c1. The fourth-order valence-corrected chi connectivity index (χ4v) is 2.02. The molecule has 0 aliphatic carbocycles. The number of carboxylic acid groups (broad SMARTS) is 1. The number of nitrogens with one attached hydrogen (secondary N) is 1. The maximum Gasteiger partial charge on any atom is 0.336 e. The van der Waals surface area contributed by atoms with Gasteiger partial charge in [-0.3, -0.25) is 14.9 Å². The van der Waals surface area contributed by atoms with Crippen LogP contribution >= 0.6 is 0 Å². The lowest BCUT2D eigenvalue weighted by atomic mass is 10.0. The van der Waals surface area contributed by atoms with Crippen molar-refractivity contribution in [1.82, 2.24) is 0 Å².